The van der Waals surface area contributed by atoms with Gasteiger partial charge in [-0.15, -0.1) is 0 Å². The minimum absolute atomic E-state index is 0.211. The Bertz CT molecular complexity index is 1310. The summed E-state index contributed by atoms with van der Waals surface area (Å²) < 4.78 is 0. The molecule has 1 fully saturated rings. The quantitative estimate of drug-likeness (QED) is 0.384. The summed E-state index contributed by atoms with van der Waals surface area (Å²) in [6.45, 7) is 0.966. The molecule has 7 nitrogen and oxygen atoms in total. The first-order valence-corrected chi connectivity index (χ1v) is 11.0. The number of anilines is 1. The van der Waals surface area contributed by atoms with Gasteiger partial charge in [-0.2, -0.15) is 0 Å². The van der Waals surface area contributed by atoms with Gasteiger partial charge in [0.25, 0.3) is 5.91 Å². The molecule has 0 spiro atoms. The van der Waals surface area contributed by atoms with Crippen LogP contribution in [0.1, 0.15) is 28.4 Å². The van der Waals surface area contributed by atoms with E-state index in [9.17, 15) is 19.2 Å². The number of nitrogens with zero attached hydrogens (tertiary/aromatic N) is 1. The van der Waals surface area contributed by atoms with Crippen molar-refractivity contribution in [1.29, 1.82) is 0 Å². The molecule has 0 aromatic heterocycles. The lowest BCUT2D eigenvalue weighted by Gasteiger charge is -2.23. The number of hydrogen-bond donors (Lipinski definition) is 2. The number of ketones is 1. The Balaban J connectivity index is 1.53. The summed E-state index contributed by atoms with van der Waals surface area (Å²) in [6, 6.07) is 19.0. The molecule has 2 N–H and O–H groups in total. The number of para-hydroxylation sites is 1. The van der Waals surface area contributed by atoms with Gasteiger partial charge in [0.2, 0.25) is 5.91 Å². The molecule has 9 heteroatoms. The Morgan fingerprint density at radius 3 is 2.35 bits per heavy atom. The average molecular weight is 496 g/mol. The van der Waals surface area contributed by atoms with Crippen LogP contribution in [0.5, 0.6) is 0 Å². The van der Waals surface area contributed by atoms with Crippen molar-refractivity contribution in [3.8, 4) is 0 Å². The molecule has 1 saturated heterocycles. The van der Waals surface area contributed by atoms with Crippen LogP contribution in [0.15, 0.2) is 72.8 Å². The Kier molecular flexibility index (Phi) is 6.41. The van der Waals surface area contributed by atoms with Crippen molar-refractivity contribution in [3.05, 3.63) is 99.5 Å². The fourth-order valence-electron chi connectivity index (χ4n) is 3.79. The summed E-state index contributed by atoms with van der Waals surface area (Å²) in [6.07, 6.45) is 0. The van der Waals surface area contributed by atoms with Gasteiger partial charge in [0, 0.05) is 26.7 Å². The number of rotatable bonds is 6. The van der Waals surface area contributed by atoms with Crippen LogP contribution in [-0.4, -0.2) is 35.1 Å². The van der Waals surface area contributed by atoms with Gasteiger partial charge in [0.1, 0.15) is 12.1 Å². The standard InChI is InChI=1S/C25H19Cl2N3O4/c1-25(18-12-11-16(26)13-19(18)27)23(33)30(24(34)29-25)14-21(31)28-20-10-6-5-9-17(20)22(32)15-7-3-2-4-8-15/h2-13H,14H2,1H3,(H,28,31)(H,29,34)/t25-/m0/s1. The molecule has 3 aromatic carbocycles. The molecule has 1 atom stereocenters. The number of carbonyl (C=O) groups excluding carboxylic acids is 4. The molecule has 34 heavy (non-hydrogen) atoms. The molecule has 4 amide bonds. The predicted octanol–water partition coefficient (Wildman–Crippen LogP) is 4.63. The van der Waals surface area contributed by atoms with Crippen molar-refractivity contribution in [3.63, 3.8) is 0 Å². The fourth-order valence-corrected chi connectivity index (χ4v) is 4.38. The highest BCUT2D eigenvalue weighted by Gasteiger charge is 2.50. The first kappa shape index (κ1) is 23.5. The maximum absolute atomic E-state index is 13.1. The normalized spacial score (nSPS) is 17.4. The van der Waals surface area contributed by atoms with E-state index >= 15 is 0 Å². The third-order valence-corrected chi connectivity index (χ3v) is 6.08. The topological polar surface area (TPSA) is 95.6 Å². The molecule has 4 rings (SSSR count). The van der Waals surface area contributed by atoms with Crippen LogP contribution in [0.4, 0.5) is 10.5 Å². The van der Waals surface area contributed by atoms with Crippen LogP contribution in [-0.2, 0) is 15.1 Å². The molecule has 172 valence electrons. The summed E-state index contributed by atoms with van der Waals surface area (Å²) in [5, 5.41) is 5.84. The first-order valence-electron chi connectivity index (χ1n) is 10.3. The summed E-state index contributed by atoms with van der Waals surface area (Å²) >= 11 is 12.2. The Morgan fingerprint density at radius 1 is 0.971 bits per heavy atom. The summed E-state index contributed by atoms with van der Waals surface area (Å²) in [5.74, 6) is -1.54. The number of halogens is 2. The first-order chi connectivity index (χ1) is 16.2. The van der Waals surface area contributed by atoms with E-state index < -0.39 is 29.9 Å². The third-order valence-electron chi connectivity index (χ3n) is 5.53. The maximum Gasteiger partial charge on any atom is 0.325 e. The molecule has 3 aromatic rings. The smallest absolute Gasteiger partial charge is 0.324 e. The largest absolute Gasteiger partial charge is 0.325 e. The summed E-state index contributed by atoms with van der Waals surface area (Å²) in [5.41, 5.74) is -0.0679. The molecule has 0 bridgehead atoms. The number of carbonyl (C=O) groups is 4. The van der Waals surface area contributed by atoms with Crippen LogP contribution in [0.25, 0.3) is 0 Å². The van der Waals surface area contributed by atoms with Crippen molar-refractivity contribution in [2.24, 2.45) is 0 Å². The summed E-state index contributed by atoms with van der Waals surface area (Å²) in [7, 11) is 0. The van der Waals surface area contributed by atoms with Crippen LogP contribution in [0.2, 0.25) is 10.0 Å². The second-order valence-electron chi connectivity index (χ2n) is 7.86. The van der Waals surface area contributed by atoms with Gasteiger partial charge in [0.15, 0.2) is 5.78 Å². The maximum atomic E-state index is 13.1. The van der Waals surface area contributed by atoms with Gasteiger partial charge >= 0.3 is 6.03 Å². The zero-order chi connectivity index (χ0) is 24.5. The van der Waals surface area contributed by atoms with Gasteiger partial charge < -0.3 is 10.6 Å². The Labute approximate surface area is 205 Å². The molecule has 0 unspecified atom stereocenters. The van der Waals surface area contributed by atoms with Crippen molar-refractivity contribution < 1.29 is 19.2 Å². The SMILES string of the molecule is C[C@@]1(c2ccc(Cl)cc2Cl)NC(=O)N(CC(=O)Nc2ccccc2C(=O)c2ccccc2)C1=O. The second-order valence-corrected chi connectivity index (χ2v) is 8.70. The van der Waals surface area contributed by atoms with E-state index in [0.29, 0.717) is 16.1 Å². The van der Waals surface area contributed by atoms with Gasteiger partial charge in [0.05, 0.1) is 5.69 Å². The van der Waals surface area contributed by atoms with Gasteiger partial charge in [-0.3, -0.25) is 19.3 Å². The lowest BCUT2D eigenvalue weighted by atomic mass is 9.92. The summed E-state index contributed by atoms with van der Waals surface area (Å²) in [4.78, 5) is 52.2. The highest BCUT2D eigenvalue weighted by atomic mass is 35.5. The number of nitrogens with one attached hydrogen (secondary N) is 2. The molecule has 1 aliphatic rings. The molecular formula is C25H19Cl2N3O4. The van der Waals surface area contributed by atoms with Crippen LogP contribution >= 0.6 is 23.2 Å². The highest BCUT2D eigenvalue weighted by Crippen LogP contribution is 2.35. The van der Waals surface area contributed by atoms with E-state index in [4.69, 9.17) is 23.2 Å². The molecule has 0 aliphatic carbocycles. The number of benzene rings is 3. The van der Waals surface area contributed by atoms with E-state index in [1.165, 1.54) is 13.0 Å². The molecule has 1 aliphatic heterocycles. The van der Waals surface area contributed by atoms with Crippen LogP contribution in [0, 0.1) is 0 Å². The number of imide groups is 1. The number of hydrogen-bond acceptors (Lipinski definition) is 4. The Hall–Kier alpha value is -3.68. The lowest BCUT2D eigenvalue weighted by Crippen LogP contribution is -2.42. The Morgan fingerprint density at radius 2 is 1.65 bits per heavy atom. The van der Waals surface area contributed by atoms with Gasteiger partial charge in [-0.25, -0.2) is 4.79 Å². The number of urea groups is 1. The van der Waals surface area contributed by atoms with E-state index in [2.05, 4.69) is 10.6 Å². The second kappa shape index (κ2) is 9.29. The van der Waals surface area contributed by atoms with E-state index in [1.807, 2.05) is 0 Å². The van der Waals surface area contributed by atoms with Gasteiger partial charge in [-0.05, 0) is 31.2 Å². The van der Waals surface area contributed by atoms with Crippen molar-refractivity contribution in [2.75, 3.05) is 11.9 Å². The monoisotopic (exact) mass is 495 g/mol. The van der Waals surface area contributed by atoms with E-state index in [0.717, 1.165) is 4.90 Å². The van der Waals surface area contributed by atoms with Crippen molar-refractivity contribution in [2.45, 2.75) is 12.5 Å². The average Bonchev–Trinajstić information content (AvgIpc) is 3.03. The highest BCUT2D eigenvalue weighted by molar-refractivity contribution is 6.35. The van der Waals surface area contributed by atoms with Crippen LogP contribution < -0.4 is 10.6 Å². The van der Waals surface area contributed by atoms with Crippen molar-refractivity contribution >= 4 is 52.5 Å². The van der Waals surface area contributed by atoms with E-state index in [1.54, 1.807) is 66.7 Å². The fraction of sp³-hybridized carbons (Fsp3) is 0.120. The minimum atomic E-state index is -1.46. The lowest BCUT2D eigenvalue weighted by molar-refractivity contribution is -0.133. The number of amides is 4. The van der Waals surface area contributed by atoms with Crippen molar-refractivity contribution in [1.82, 2.24) is 10.2 Å². The molecule has 0 radical (unpaired) electrons. The molecular weight excluding hydrogens is 477 g/mol. The zero-order valence-corrected chi connectivity index (χ0v) is 19.5. The van der Waals surface area contributed by atoms with Gasteiger partial charge in [-0.1, -0.05) is 71.7 Å². The molecule has 1 heterocycles. The third kappa shape index (κ3) is 4.40. The molecule has 0 saturated carbocycles. The van der Waals surface area contributed by atoms with E-state index in [-0.39, 0.29) is 22.1 Å². The van der Waals surface area contributed by atoms with Crippen LogP contribution in [0.3, 0.4) is 0 Å². The predicted molar refractivity (Wildman–Crippen MR) is 129 cm³/mol. The minimum Gasteiger partial charge on any atom is -0.324 e. The zero-order valence-electron chi connectivity index (χ0n) is 18.0.